The maximum atomic E-state index is 4.91. The monoisotopic (exact) mass is 402 g/mol. The fourth-order valence-corrected chi connectivity index (χ4v) is 1.96. The standard InChI is InChI=1S/C10H15.C8H8.2ClH.Nb/c1-6-7(2)9(4)10(5)8(6)3;1-7-5-3-4-6-8(7)2;;;/h1-5H3;3-6H,1-2H2;2*1H;/q;-2;;;+2/p-2. The van der Waals surface area contributed by atoms with Gasteiger partial charge in [-0.3, -0.25) is 25.0 Å². The van der Waals surface area contributed by atoms with Crippen LogP contribution in [0.1, 0.15) is 45.7 Å². The summed E-state index contributed by atoms with van der Waals surface area (Å²) in [6, 6.07) is 7.80. The third-order valence-electron chi connectivity index (χ3n) is 3.93. The Morgan fingerprint density at radius 1 is 0.667 bits per heavy atom. The third-order valence-corrected chi connectivity index (χ3v) is 3.93. The fraction of sp³-hybridized carbons (Fsp3) is 0.278. The van der Waals surface area contributed by atoms with Crippen molar-refractivity contribution in [3.8, 4) is 0 Å². The van der Waals surface area contributed by atoms with Crippen LogP contribution < -0.4 is 0 Å². The molecule has 0 spiro atoms. The van der Waals surface area contributed by atoms with Crippen LogP contribution in [0.3, 0.4) is 0 Å². The van der Waals surface area contributed by atoms with Gasteiger partial charge in [-0.25, -0.2) is 12.1 Å². The van der Waals surface area contributed by atoms with Gasteiger partial charge >= 0.3 is 36.0 Å². The summed E-state index contributed by atoms with van der Waals surface area (Å²) >= 11 is -0.706. The van der Waals surface area contributed by atoms with Crippen molar-refractivity contribution in [2.24, 2.45) is 0 Å². The van der Waals surface area contributed by atoms with E-state index in [0.29, 0.717) is 0 Å². The molecular weight excluding hydrogens is 380 g/mol. The molecule has 1 saturated carbocycles. The number of rotatable bonds is 0. The number of benzene rings is 1. The van der Waals surface area contributed by atoms with E-state index in [1.807, 2.05) is 24.3 Å². The van der Waals surface area contributed by atoms with Crippen molar-refractivity contribution in [3.63, 3.8) is 0 Å². The molecule has 0 atom stereocenters. The Balaban J connectivity index is 0.000000327. The van der Waals surface area contributed by atoms with Crippen LogP contribution in [0.4, 0.5) is 0 Å². The molecule has 0 saturated heterocycles. The van der Waals surface area contributed by atoms with E-state index in [1.54, 1.807) is 0 Å². The van der Waals surface area contributed by atoms with Gasteiger partial charge in [-0.2, -0.15) is 0 Å². The van der Waals surface area contributed by atoms with E-state index in [2.05, 4.69) is 48.5 Å². The first-order chi connectivity index (χ1) is 9.77. The predicted molar refractivity (Wildman–Crippen MR) is 91.7 cm³/mol. The molecule has 0 aromatic heterocycles. The Morgan fingerprint density at radius 2 is 0.857 bits per heavy atom. The average Bonchev–Trinajstić information content (AvgIpc) is 2.62. The van der Waals surface area contributed by atoms with Gasteiger partial charge < -0.3 is 0 Å². The molecule has 0 amide bonds. The van der Waals surface area contributed by atoms with Crippen LogP contribution in [0.15, 0.2) is 24.3 Å². The van der Waals surface area contributed by atoms with Crippen molar-refractivity contribution in [3.05, 3.63) is 78.8 Å². The van der Waals surface area contributed by atoms with Crippen molar-refractivity contribution in [2.45, 2.75) is 34.6 Å². The quantitative estimate of drug-likeness (QED) is 0.348. The molecule has 1 fully saturated rings. The summed E-state index contributed by atoms with van der Waals surface area (Å²) in [6.07, 6.45) is 0. The molecule has 21 heavy (non-hydrogen) atoms. The second kappa shape index (κ2) is 10.9. The summed E-state index contributed by atoms with van der Waals surface area (Å²) in [5, 5.41) is 0. The molecule has 1 aliphatic rings. The van der Waals surface area contributed by atoms with Crippen LogP contribution in [-0.4, -0.2) is 0 Å². The number of hydrogen-bond acceptors (Lipinski definition) is 0. The van der Waals surface area contributed by atoms with Gasteiger partial charge in [0.15, 0.2) is 0 Å². The van der Waals surface area contributed by atoms with Crippen molar-refractivity contribution >= 4 is 18.4 Å². The zero-order chi connectivity index (χ0) is 16.6. The van der Waals surface area contributed by atoms with Crippen molar-refractivity contribution in [1.29, 1.82) is 0 Å². The van der Waals surface area contributed by atoms with Gasteiger partial charge in [0.05, 0.1) is 0 Å². The molecule has 1 aromatic carbocycles. The van der Waals surface area contributed by atoms with E-state index in [4.69, 9.17) is 18.4 Å². The molecule has 0 N–H and O–H groups in total. The van der Waals surface area contributed by atoms with Crippen LogP contribution in [0.25, 0.3) is 0 Å². The van der Waals surface area contributed by atoms with Gasteiger partial charge in [0, 0.05) is 0 Å². The Labute approximate surface area is 149 Å². The summed E-state index contributed by atoms with van der Waals surface area (Å²) in [5.41, 5.74) is 2.01. The second-order valence-electron chi connectivity index (χ2n) is 4.96. The number of halogens is 2. The molecule has 0 nitrogen and oxygen atoms in total. The third kappa shape index (κ3) is 6.93. The maximum absolute atomic E-state index is 4.91. The summed E-state index contributed by atoms with van der Waals surface area (Å²) < 4.78 is 0. The van der Waals surface area contributed by atoms with Crippen LogP contribution in [0.5, 0.6) is 0 Å². The van der Waals surface area contributed by atoms with E-state index < -0.39 is 17.6 Å². The molecule has 0 bridgehead atoms. The van der Waals surface area contributed by atoms with E-state index in [0.717, 1.165) is 11.1 Å². The van der Waals surface area contributed by atoms with Gasteiger partial charge in [0.2, 0.25) is 0 Å². The first-order valence-corrected chi connectivity index (χ1v) is 12.3. The molecule has 0 unspecified atom stereocenters. The van der Waals surface area contributed by atoms with Crippen molar-refractivity contribution in [1.82, 2.24) is 0 Å². The minimum atomic E-state index is -0.706. The van der Waals surface area contributed by atoms with Crippen LogP contribution in [0.2, 0.25) is 0 Å². The molecule has 116 valence electrons. The summed E-state index contributed by atoms with van der Waals surface area (Å²) in [4.78, 5) is 0. The second-order valence-corrected chi connectivity index (χ2v) is 8.30. The first-order valence-electron chi connectivity index (χ1n) is 6.62. The van der Waals surface area contributed by atoms with E-state index in [-0.39, 0.29) is 0 Å². The molecule has 0 heterocycles. The van der Waals surface area contributed by atoms with E-state index in [9.17, 15) is 0 Å². The van der Waals surface area contributed by atoms with E-state index >= 15 is 0 Å². The van der Waals surface area contributed by atoms with Gasteiger partial charge in [-0.05, 0) is 29.6 Å². The van der Waals surface area contributed by atoms with Crippen LogP contribution in [-0.2, 0) is 17.6 Å². The zero-order valence-corrected chi connectivity index (χ0v) is 17.1. The molecule has 5 radical (unpaired) electrons. The topological polar surface area (TPSA) is 0 Å². The normalized spacial score (nSPS) is 17.7. The summed E-state index contributed by atoms with van der Waals surface area (Å²) in [7, 11) is 9.83. The Hall–Kier alpha value is 0.280. The Morgan fingerprint density at radius 3 is 1.00 bits per heavy atom. The van der Waals surface area contributed by atoms with Gasteiger partial charge in [-0.15, -0.1) is 12.1 Å². The Kier molecular flexibility index (Phi) is 11.1. The van der Waals surface area contributed by atoms with Crippen LogP contribution in [0, 0.1) is 43.4 Å². The van der Waals surface area contributed by atoms with Gasteiger partial charge in [0.25, 0.3) is 0 Å². The van der Waals surface area contributed by atoms with E-state index in [1.165, 1.54) is 29.6 Å². The molecule has 3 heteroatoms. The minimum absolute atomic E-state index is 0.706. The van der Waals surface area contributed by atoms with Gasteiger partial charge in [-0.1, -0.05) is 34.6 Å². The van der Waals surface area contributed by atoms with Crippen molar-refractivity contribution < 1.29 is 17.6 Å². The average molecular weight is 403 g/mol. The molecular formula is C18H23Cl2Nb-2. The number of hydrogen-bond donors (Lipinski definition) is 0. The Bertz CT molecular complexity index is 329. The predicted octanol–water partition coefficient (Wildman–Crippen LogP) is 6.40. The van der Waals surface area contributed by atoms with Crippen molar-refractivity contribution in [2.75, 3.05) is 0 Å². The zero-order valence-electron chi connectivity index (χ0n) is 13.4. The summed E-state index contributed by atoms with van der Waals surface area (Å²) in [6.45, 7) is 18.5. The van der Waals surface area contributed by atoms with Gasteiger partial charge in [0.1, 0.15) is 0 Å². The molecule has 0 aliphatic heterocycles. The van der Waals surface area contributed by atoms with Crippen LogP contribution >= 0.6 is 18.4 Å². The summed E-state index contributed by atoms with van der Waals surface area (Å²) in [5.74, 6) is 7.34. The fourth-order valence-electron chi connectivity index (χ4n) is 1.96. The molecule has 2 rings (SSSR count). The molecule has 1 aliphatic carbocycles. The first kappa shape index (κ1) is 21.3. The SMILES string of the molecule is C[C]1[C](C)[C](C)[C](C)[C]1C.[CH2-]c1ccccc1[CH2-].[Cl][Nb][Cl]. The molecule has 1 aromatic rings.